The molecule has 0 radical (unpaired) electrons. The van der Waals surface area contributed by atoms with Crippen molar-refractivity contribution < 1.29 is 9.15 Å². The van der Waals surface area contributed by atoms with Gasteiger partial charge in [0.05, 0.1) is 25.0 Å². The van der Waals surface area contributed by atoms with Crippen LogP contribution in [0.4, 0.5) is 0 Å². The molecule has 162 valence electrons. The fourth-order valence-corrected chi connectivity index (χ4v) is 4.29. The van der Waals surface area contributed by atoms with Crippen LogP contribution < -0.4 is 15.4 Å². The molecule has 2 aromatic heterocycles. The maximum Gasteiger partial charge on any atom is 0.192 e. The van der Waals surface area contributed by atoms with Gasteiger partial charge in [-0.2, -0.15) is 5.10 Å². The van der Waals surface area contributed by atoms with Gasteiger partial charge in [-0.3, -0.25) is 4.99 Å². The normalized spacial score (nSPS) is 20.5. The van der Waals surface area contributed by atoms with Crippen LogP contribution in [0.3, 0.4) is 0 Å². The first-order valence-electron chi connectivity index (χ1n) is 11.0. The molecule has 4 heterocycles. The van der Waals surface area contributed by atoms with Gasteiger partial charge in [0.1, 0.15) is 23.2 Å². The molecule has 8 heteroatoms. The van der Waals surface area contributed by atoms with Crippen molar-refractivity contribution in [3.8, 4) is 5.75 Å². The summed E-state index contributed by atoms with van der Waals surface area (Å²) in [6.45, 7) is 4.18. The number of hydrogen-bond acceptors (Lipinski definition) is 5. The molecule has 31 heavy (non-hydrogen) atoms. The summed E-state index contributed by atoms with van der Waals surface area (Å²) < 4.78 is 13.3. The van der Waals surface area contributed by atoms with E-state index in [1.54, 1.807) is 6.26 Å². The van der Waals surface area contributed by atoms with Crippen LogP contribution in [0.25, 0.3) is 0 Å². The summed E-state index contributed by atoms with van der Waals surface area (Å²) in [7, 11) is 0. The third-order valence-corrected chi connectivity index (χ3v) is 5.77. The molecule has 0 amide bonds. The second kappa shape index (κ2) is 8.83. The smallest absolute Gasteiger partial charge is 0.192 e. The predicted octanol–water partition coefficient (Wildman–Crippen LogP) is 3.32. The second-order valence-electron chi connectivity index (χ2n) is 8.01. The number of nitrogens with one attached hydrogen (secondary N) is 2. The van der Waals surface area contributed by atoms with Crippen LogP contribution in [-0.4, -0.2) is 33.9 Å². The Labute approximate surface area is 181 Å². The molecule has 2 unspecified atom stereocenters. The van der Waals surface area contributed by atoms with Crippen LogP contribution in [0.5, 0.6) is 5.75 Å². The Bertz CT molecular complexity index is 1040. The van der Waals surface area contributed by atoms with E-state index >= 15 is 0 Å². The standard InChI is InChI=1S/C23H28N6O2/c1-16-25-22-20(8-4-13-29(22)28-16)27-23(24-12-10-17-6-5-14-30-17)26-19-11-15-31-21-9-3-2-7-18(19)21/h2-3,5-7,9,14,19-20H,4,8,10-13,15H2,1H3,(H2,24,26,27). The molecule has 2 atom stereocenters. The molecule has 0 saturated carbocycles. The second-order valence-corrected chi connectivity index (χ2v) is 8.01. The minimum absolute atomic E-state index is 0.0832. The Balaban J connectivity index is 1.36. The highest BCUT2D eigenvalue weighted by atomic mass is 16.5. The molecule has 0 aliphatic carbocycles. The number of furan rings is 1. The third-order valence-electron chi connectivity index (χ3n) is 5.77. The van der Waals surface area contributed by atoms with Crippen molar-refractivity contribution in [2.45, 2.75) is 51.2 Å². The zero-order valence-corrected chi connectivity index (χ0v) is 17.8. The van der Waals surface area contributed by atoms with Crippen LogP contribution in [0.2, 0.25) is 0 Å². The molecule has 0 bridgehead atoms. The number of fused-ring (bicyclic) bond motifs is 2. The van der Waals surface area contributed by atoms with Crippen molar-refractivity contribution in [1.29, 1.82) is 0 Å². The van der Waals surface area contributed by atoms with Gasteiger partial charge < -0.3 is 19.8 Å². The van der Waals surface area contributed by atoms with E-state index in [1.807, 2.05) is 35.9 Å². The molecular weight excluding hydrogens is 392 g/mol. The summed E-state index contributed by atoms with van der Waals surface area (Å²) in [4.78, 5) is 9.54. The summed E-state index contributed by atoms with van der Waals surface area (Å²) >= 11 is 0. The number of nitrogens with zero attached hydrogens (tertiary/aromatic N) is 4. The van der Waals surface area contributed by atoms with Crippen molar-refractivity contribution in [2.75, 3.05) is 13.2 Å². The number of ether oxygens (including phenoxy) is 1. The van der Waals surface area contributed by atoms with Crippen LogP contribution in [0, 0.1) is 6.92 Å². The average Bonchev–Trinajstić information content (AvgIpc) is 3.43. The monoisotopic (exact) mass is 420 g/mol. The van der Waals surface area contributed by atoms with Gasteiger partial charge in [-0.15, -0.1) is 0 Å². The summed E-state index contributed by atoms with van der Waals surface area (Å²) in [5.74, 6) is 4.46. The SMILES string of the molecule is Cc1nc2n(n1)CCCC2NC(=NCCc1ccco1)NC1CCOc2ccccc21. The zero-order chi connectivity index (χ0) is 21.0. The molecule has 0 saturated heterocycles. The molecule has 2 aliphatic rings. The first kappa shape index (κ1) is 19.7. The molecule has 1 aromatic carbocycles. The molecule has 8 nitrogen and oxygen atoms in total. The van der Waals surface area contributed by atoms with E-state index in [1.165, 1.54) is 0 Å². The first-order chi connectivity index (χ1) is 15.3. The van der Waals surface area contributed by atoms with E-state index in [4.69, 9.17) is 14.1 Å². The fraction of sp³-hybridized carbons (Fsp3) is 0.435. The average molecular weight is 421 g/mol. The first-order valence-corrected chi connectivity index (χ1v) is 11.0. The number of aliphatic imine (C=N–C) groups is 1. The van der Waals surface area contributed by atoms with Gasteiger partial charge in [-0.05, 0) is 38.0 Å². The number of benzene rings is 1. The third kappa shape index (κ3) is 4.42. The van der Waals surface area contributed by atoms with E-state index in [0.29, 0.717) is 13.2 Å². The Morgan fingerprint density at radius 2 is 2.06 bits per heavy atom. The molecule has 2 N–H and O–H groups in total. The molecule has 5 rings (SSSR count). The Morgan fingerprint density at radius 1 is 1.16 bits per heavy atom. The van der Waals surface area contributed by atoms with Crippen LogP contribution >= 0.6 is 0 Å². The lowest BCUT2D eigenvalue weighted by Gasteiger charge is -2.30. The summed E-state index contributed by atoms with van der Waals surface area (Å²) in [6, 6.07) is 12.3. The van der Waals surface area contributed by atoms with Crippen molar-refractivity contribution in [2.24, 2.45) is 4.99 Å². The summed E-state index contributed by atoms with van der Waals surface area (Å²) in [5.41, 5.74) is 1.16. The topological polar surface area (TPSA) is 89.5 Å². The minimum atomic E-state index is 0.0832. The van der Waals surface area contributed by atoms with Gasteiger partial charge in [0.25, 0.3) is 0 Å². The van der Waals surface area contributed by atoms with Gasteiger partial charge in [0.2, 0.25) is 0 Å². The molecule has 2 aliphatic heterocycles. The lowest BCUT2D eigenvalue weighted by Crippen LogP contribution is -2.44. The van der Waals surface area contributed by atoms with Gasteiger partial charge >= 0.3 is 0 Å². The highest BCUT2D eigenvalue weighted by molar-refractivity contribution is 5.81. The van der Waals surface area contributed by atoms with Gasteiger partial charge in [-0.25, -0.2) is 9.67 Å². The van der Waals surface area contributed by atoms with E-state index in [2.05, 4.69) is 32.8 Å². The lowest BCUT2D eigenvalue weighted by atomic mass is 10.0. The van der Waals surface area contributed by atoms with Gasteiger partial charge in [0.15, 0.2) is 5.96 Å². The van der Waals surface area contributed by atoms with Crippen LogP contribution in [-0.2, 0) is 13.0 Å². The van der Waals surface area contributed by atoms with E-state index in [-0.39, 0.29) is 12.1 Å². The lowest BCUT2D eigenvalue weighted by molar-refractivity contribution is 0.261. The zero-order valence-electron chi connectivity index (χ0n) is 17.8. The number of hydrogen-bond donors (Lipinski definition) is 2. The number of guanidine groups is 1. The number of aromatic nitrogens is 3. The number of rotatable bonds is 5. The Morgan fingerprint density at radius 3 is 2.97 bits per heavy atom. The maximum absolute atomic E-state index is 5.83. The van der Waals surface area contributed by atoms with Gasteiger partial charge in [-0.1, -0.05) is 18.2 Å². The van der Waals surface area contributed by atoms with Crippen LogP contribution in [0.1, 0.15) is 54.3 Å². The van der Waals surface area contributed by atoms with Crippen molar-refractivity contribution >= 4 is 5.96 Å². The Kier molecular flexibility index (Phi) is 5.60. The van der Waals surface area contributed by atoms with Crippen molar-refractivity contribution in [3.05, 3.63) is 65.6 Å². The van der Waals surface area contributed by atoms with Gasteiger partial charge in [0, 0.05) is 31.5 Å². The predicted molar refractivity (Wildman–Crippen MR) is 117 cm³/mol. The molecular formula is C23H28N6O2. The largest absolute Gasteiger partial charge is 0.493 e. The Hall–Kier alpha value is -3.29. The highest BCUT2D eigenvalue weighted by Gasteiger charge is 2.27. The van der Waals surface area contributed by atoms with E-state index < -0.39 is 0 Å². The van der Waals surface area contributed by atoms with E-state index in [9.17, 15) is 0 Å². The van der Waals surface area contributed by atoms with E-state index in [0.717, 1.165) is 66.9 Å². The fourth-order valence-electron chi connectivity index (χ4n) is 4.29. The number of aryl methyl sites for hydroxylation is 2. The summed E-state index contributed by atoms with van der Waals surface area (Å²) in [6.07, 6.45) is 5.40. The molecule has 0 spiro atoms. The maximum atomic E-state index is 5.83. The quantitative estimate of drug-likeness (QED) is 0.486. The highest BCUT2D eigenvalue weighted by Crippen LogP contribution is 2.31. The minimum Gasteiger partial charge on any atom is -0.493 e. The number of para-hydroxylation sites is 1. The molecule has 3 aromatic rings. The summed E-state index contributed by atoms with van der Waals surface area (Å²) in [5, 5.41) is 11.8. The van der Waals surface area contributed by atoms with Crippen molar-refractivity contribution in [1.82, 2.24) is 25.4 Å². The van der Waals surface area contributed by atoms with Crippen molar-refractivity contribution in [3.63, 3.8) is 0 Å². The molecule has 0 fully saturated rings. The van der Waals surface area contributed by atoms with Crippen LogP contribution in [0.15, 0.2) is 52.1 Å².